The summed E-state index contributed by atoms with van der Waals surface area (Å²) in [6.45, 7) is 0.311. The van der Waals surface area contributed by atoms with Gasteiger partial charge in [0.2, 0.25) is 0 Å². The number of carbonyl (C=O) groups excluding carboxylic acids is 1. The van der Waals surface area contributed by atoms with Crippen LogP contribution in [0.5, 0.6) is 0 Å². The molecule has 0 saturated heterocycles. The minimum atomic E-state index is -1.70. The number of aromatic nitrogens is 2. The number of nitrogens with zero attached hydrogens (tertiary/aromatic N) is 2. The van der Waals surface area contributed by atoms with Crippen LogP contribution < -0.4 is 11.1 Å². The number of carboxylic acid groups (broad SMARTS) is 1. The highest BCUT2D eigenvalue weighted by molar-refractivity contribution is 6.00. The summed E-state index contributed by atoms with van der Waals surface area (Å²) in [5, 5.41) is 11.7. The van der Waals surface area contributed by atoms with Crippen LogP contribution in [0.25, 0.3) is 0 Å². The van der Waals surface area contributed by atoms with E-state index in [1.165, 1.54) is 18.6 Å². The van der Waals surface area contributed by atoms with Crippen molar-refractivity contribution in [3.8, 4) is 0 Å². The standard InChI is InChI=1S/C10H14N4O3/c11-3-1-2-10(7-15,9(16)17)14-8-6-12-4-5-13-8/h4-7H,1-3,11H2,(H,13,14)(H,16,17)/t10-/m1/s1. The SMILES string of the molecule is NCCC[C@](C=O)(Nc1cnccn1)C(=O)O. The number of aldehydes is 1. The Hall–Kier alpha value is -2.02. The van der Waals surface area contributed by atoms with Gasteiger partial charge in [-0.15, -0.1) is 0 Å². The van der Waals surface area contributed by atoms with E-state index < -0.39 is 11.5 Å². The Bertz CT molecular complexity index is 384. The Balaban J connectivity index is 2.90. The molecule has 1 heterocycles. The van der Waals surface area contributed by atoms with Crippen molar-refractivity contribution in [2.45, 2.75) is 18.4 Å². The molecule has 0 aliphatic rings. The number of nitrogens with one attached hydrogen (secondary N) is 1. The number of nitrogens with two attached hydrogens (primary N) is 1. The summed E-state index contributed by atoms with van der Waals surface area (Å²) in [5.74, 6) is -1.02. The van der Waals surface area contributed by atoms with Gasteiger partial charge in [0.25, 0.3) is 0 Å². The molecule has 1 aromatic heterocycles. The number of carboxylic acids is 1. The molecule has 1 aromatic rings. The zero-order valence-electron chi connectivity index (χ0n) is 9.17. The molecule has 0 bridgehead atoms. The van der Waals surface area contributed by atoms with Gasteiger partial charge in [-0.05, 0) is 19.4 Å². The average Bonchev–Trinajstić information content (AvgIpc) is 2.35. The van der Waals surface area contributed by atoms with Crippen LogP contribution in [0.3, 0.4) is 0 Å². The fourth-order valence-electron chi connectivity index (χ4n) is 1.33. The largest absolute Gasteiger partial charge is 0.479 e. The molecule has 0 radical (unpaired) electrons. The van der Waals surface area contributed by atoms with Crippen molar-refractivity contribution in [1.82, 2.24) is 9.97 Å². The molecule has 92 valence electrons. The number of carbonyl (C=O) groups is 2. The highest BCUT2D eigenvalue weighted by atomic mass is 16.4. The van der Waals surface area contributed by atoms with Gasteiger partial charge in [0.05, 0.1) is 6.20 Å². The second-order valence-corrected chi connectivity index (χ2v) is 3.50. The minimum absolute atomic E-state index is 0.0961. The van der Waals surface area contributed by atoms with Crippen molar-refractivity contribution in [1.29, 1.82) is 0 Å². The second-order valence-electron chi connectivity index (χ2n) is 3.50. The predicted molar refractivity (Wildman–Crippen MR) is 60.4 cm³/mol. The van der Waals surface area contributed by atoms with Gasteiger partial charge in [-0.25, -0.2) is 9.78 Å². The fraction of sp³-hybridized carbons (Fsp3) is 0.400. The number of hydrogen-bond donors (Lipinski definition) is 3. The lowest BCUT2D eigenvalue weighted by molar-refractivity contribution is -0.144. The Labute approximate surface area is 98.1 Å². The molecule has 0 aliphatic carbocycles. The highest BCUT2D eigenvalue weighted by Crippen LogP contribution is 2.16. The number of aliphatic carboxylic acids is 1. The first-order valence-corrected chi connectivity index (χ1v) is 5.08. The van der Waals surface area contributed by atoms with E-state index in [1.54, 1.807) is 0 Å². The van der Waals surface area contributed by atoms with Crippen LogP contribution in [0.4, 0.5) is 5.82 Å². The maximum Gasteiger partial charge on any atom is 0.336 e. The van der Waals surface area contributed by atoms with Gasteiger partial charge >= 0.3 is 5.97 Å². The van der Waals surface area contributed by atoms with Gasteiger partial charge < -0.3 is 21.0 Å². The maximum absolute atomic E-state index is 11.2. The van der Waals surface area contributed by atoms with E-state index in [9.17, 15) is 9.59 Å². The zero-order chi connectivity index (χ0) is 12.7. The van der Waals surface area contributed by atoms with E-state index in [-0.39, 0.29) is 12.2 Å². The van der Waals surface area contributed by atoms with Crippen molar-refractivity contribution in [2.75, 3.05) is 11.9 Å². The lowest BCUT2D eigenvalue weighted by Crippen LogP contribution is -2.48. The van der Waals surface area contributed by atoms with Crippen LogP contribution in [0.15, 0.2) is 18.6 Å². The third kappa shape index (κ3) is 3.22. The maximum atomic E-state index is 11.2. The molecular weight excluding hydrogens is 224 g/mol. The van der Waals surface area contributed by atoms with Gasteiger partial charge in [0, 0.05) is 12.4 Å². The first-order valence-electron chi connectivity index (χ1n) is 5.08. The molecular formula is C10H14N4O3. The van der Waals surface area contributed by atoms with Crippen LogP contribution in [0.2, 0.25) is 0 Å². The summed E-state index contributed by atoms with van der Waals surface area (Å²) < 4.78 is 0. The summed E-state index contributed by atoms with van der Waals surface area (Å²) in [6, 6.07) is 0. The molecule has 0 fully saturated rings. The average molecular weight is 238 g/mol. The summed E-state index contributed by atoms with van der Waals surface area (Å²) >= 11 is 0. The molecule has 1 atom stereocenters. The molecule has 1 rings (SSSR count). The van der Waals surface area contributed by atoms with Crippen LogP contribution in [0, 0.1) is 0 Å². The fourth-order valence-corrected chi connectivity index (χ4v) is 1.33. The van der Waals surface area contributed by atoms with Crippen molar-refractivity contribution < 1.29 is 14.7 Å². The predicted octanol–water partition coefficient (Wildman–Crippen LogP) is -0.350. The zero-order valence-corrected chi connectivity index (χ0v) is 9.17. The molecule has 0 aliphatic heterocycles. The Morgan fingerprint density at radius 2 is 2.35 bits per heavy atom. The summed E-state index contributed by atoms with van der Waals surface area (Å²) in [4.78, 5) is 29.9. The van der Waals surface area contributed by atoms with Crippen LogP contribution >= 0.6 is 0 Å². The molecule has 7 nitrogen and oxygen atoms in total. The number of rotatable bonds is 7. The number of hydrogen-bond acceptors (Lipinski definition) is 6. The van der Waals surface area contributed by atoms with Crippen molar-refractivity contribution in [3.05, 3.63) is 18.6 Å². The van der Waals surface area contributed by atoms with E-state index in [2.05, 4.69) is 15.3 Å². The highest BCUT2D eigenvalue weighted by Gasteiger charge is 2.38. The van der Waals surface area contributed by atoms with E-state index in [0.29, 0.717) is 19.3 Å². The molecule has 7 heteroatoms. The Morgan fingerprint density at radius 3 is 2.82 bits per heavy atom. The van der Waals surface area contributed by atoms with Crippen molar-refractivity contribution in [3.63, 3.8) is 0 Å². The molecule has 0 amide bonds. The van der Waals surface area contributed by atoms with Gasteiger partial charge in [0.1, 0.15) is 5.82 Å². The topological polar surface area (TPSA) is 118 Å². The van der Waals surface area contributed by atoms with Gasteiger partial charge in [-0.3, -0.25) is 4.98 Å². The van der Waals surface area contributed by atoms with Crippen molar-refractivity contribution in [2.24, 2.45) is 5.73 Å². The van der Waals surface area contributed by atoms with Gasteiger partial charge in [-0.1, -0.05) is 0 Å². The monoisotopic (exact) mass is 238 g/mol. The third-order valence-electron chi connectivity index (χ3n) is 2.27. The van der Waals surface area contributed by atoms with E-state index in [1.807, 2.05) is 0 Å². The normalized spacial score (nSPS) is 13.7. The summed E-state index contributed by atoms with van der Waals surface area (Å²) in [6.07, 6.45) is 5.08. The lowest BCUT2D eigenvalue weighted by atomic mass is 9.95. The molecule has 4 N–H and O–H groups in total. The lowest BCUT2D eigenvalue weighted by Gasteiger charge is -2.24. The Kier molecular flexibility index (Phi) is 4.53. The summed E-state index contributed by atoms with van der Waals surface area (Å²) in [7, 11) is 0. The van der Waals surface area contributed by atoms with E-state index >= 15 is 0 Å². The summed E-state index contributed by atoms with van der Waals surface area (Å²) in [5.41, 5.74) is 3.62. The van der Waals surface area contributed by atoms with Crippen LogP contribution in [-0.2, 0) is 9.59 Å². The smallest absolute Gasteiger partial charge is 0.336 e. The van der Waals surface area contributed by atoms with Gasteiger partial charge in [-0.2, -0.15) is 0 Å². The molecule has 0 aromatic carbocycles. The van der Waals surface area contributed by atoms with Crippen LogP contribution in [0.1, 0.15) is 12.8 Å². The molecule has 0 saturated carbocycles. The first kappa shape index (κ1) is 13.0. The van der Waals surface area contributed by atoms with Crippen LogP contribution in [-0.4, -0.2) is 39.4 Å². The van der Waals surface area contributed by atoms with Gasteiger partial charge in [0.15, 0.2) is 11.8 Å². The molecule has 17 heavy (non-hydrogen) atoms. The second kappa shape index (κ2) is 5.90. The molecule has 0 spiro atoms. The quantitative estimate of drug-likeness (QED) is 0.439. The third-order valence-corrected chi connectivity index (χ3v) is 2.27. The first-order chi connectivity index (χ1) is 8.14. The number of anilines is 1. The van der Waals surface area contributed by atoms with E-state index in [0.717, 1.165) is 0 Å². The Morgan fingerprint density at radius 1 is 1.59 bits per heavy atom. The van der Waals surface area contributed by atoms with E-state index in [4.69, 9.17) is 10.8 Å². The minimum Gasteiger partial charge on any atom is -0.479 e. The van der Waals surface area contributed by atoms with Crippen molar-refractivity contribution >= 4 is 18.1 Å². The molecule has 0 unspecified atom stereocenters.